The van der Waals surface area contributed by atoms with Crippen LogP contribution in [0, 0.1) is 0 Å². The number of carbonyl (C=O) groups excluding carboxylic acids is 3. The van der Waals surface area contributed by atoms with Crippen molar-refractivity contribution in [1.82, 2.24) is 25.3 Å². The van der Waals surface area contributed by atoms with E-state index in [0.29, 0.717) is 40.8 Å². The average Bonchev–Trinajstić information content (AvgIpc) is 3.28. The van der Waals surface area contributed by atoms with Gasteiger partial charge in [0, 0.05) is 49.4 Å². The molecule has 8 rings (SSSR count). The number of nitrogens with one attached hydrogen (secondary N) is 1. The van der Waals surface area contributed by atoms with Crippen LogP contribution in [0.2, 0.25) is 0 Å². The predicted molar refractivity (Wildman–Crippen MR) is 237 cm³/mol. The first-order chi connectivity index (χ1) is 29.4. The van der Waals surface area contributed by atoms with Crippen LogP contribution < -0.4 is 20.9 Å². The molecular formula is C47H52N8O6. The lowest BCUT2D eigenvalue weighted by molar-refractivity contribution is 0.0495. The standard InChI is InChI=1S/C26H30N4O4.C21H22N4O2/c1-26(2,3)34-25(32)27-19-12-14-30(15-13-19)23-22(17-8-6-5-7-9-17)28-20-11-10-18(24(31)33-4)16-21(20)29-23;1-27-21(26)15-7-8-17-18(13-15)24-20(25-11-9-16(22)10-12-25)19(23-17)14-5-3-2-4-6-14/h5-11,16,19H,12-15H2,1-4H3,(H,27,32);2-8,13,16H,9-12,22H2,1H3. The monoisotopic (exact) mass is 824 g/mol. The summed E-state index contributed by atoms with van der Waals surface area (Å²) in [5.41, 5.74) is 12.8. The number of hydrogen-bond acceptors (Lipinski definition) is 13. The summed E-state index contributed by atoms with van der Waals surface area (Å²) in [6.07, 6.45) is 2.98. The molecule has 0 unspecified atom stereocenters. The van der Waals surface area contributed by atoms with Crippen LogP contribution in [0.3, 0.4) is 0 Å². The van der Waals surface area contributed by atoms with Crippen molar-refractivity contribution >= 4 is 51.7 Å². The fraction of sp³-hybridized carbons (Fsp3) is 0.340. The highest BCUT2D eigenvalue weighted by Gasteiger charge is 2.27. The fourth-order valence-corrected chi connectivity index (χ4v) is 7.42. The molecule has 14 nitrogen and oxygen atoms in total. The third-order valence-electron chi connectivity index (χ3n) is 10.6. The van der Waals surface area contributed by atoms with Crippen LogP contribution in [0.25, 0.3) is 44.6 Å². The summed E-state index contributed by atoms with van der Waals surface area (Å²) in [7, 11) is 2.73. The number of rotatable bonds is 7. The summed E-state index contributed by atoms with van der Waals surface area (Å²) in [5.74, 6) is 0.807. The average molecular weight is 825 g/mol. The van der Waals surface area contributed by atoms with Crippen LogP contribution in [0.1, 0.15) is 67.2 Å². The van der Waals surface area contributed by atoms with Gasteiger partial charge in [-0.15, -0.1) is 0 Å². The summed E-state index contributed by atoms with van der Waals surface area (Å²) in [5, 5.41) is 2.97. The molecule has 6 aromatic rings. The highest BCUT2D eigenvalue weighted by atomic mass is 16.6. The molecule has 2 fully saturated rings. The fourth-order valence-electron chi connectivity index (χ4n) is 7.42. The maximum Gasteiger partial charge on any atom is 0.407 e. The van der Waals surface area contributed by atoms with E-state index in [1.807, 2.05) is 87.5 Å². The largest absolute Gasteiger partial charge is 0.465 e. The van der Waals surface area contributed by atoms with Crippen LogP contribution >= 0.6 is 0 Å². The van der Waals surface area contributed by atoms with Gasteiger partial charge in [-0.05, 0) is 82.9 Å². The lowest BCUT2D eigenvalue weighted by Crippen LogP contribution is -2.46. The first-order valence-corrected chi connectivity index (χ1v) is 20.5. The first-order valence-electron chi connectivity index (χ1n) is 20.5. The van der Waals surface area contributed by atoms with Gasteiger partial charge >= 0.3 is 18.0 Å². The third-order valence-corrected chi connectivity index (χ3v) is 10.6. The Hall–Kier alpha value is -6.67. The molecule has 0 atom stereocenters. The zero-order chi connectivity index (χ0) is 43.1. The van der Waals surface area contributed by atoms with Gasteiger partial charge in [0.2, 0.25) is 0 Å². The minimum atomic E-state index is -0.529. The van der Waals surface area contributed by atoms with Gasteiger partial charge in [-0.25, -0.2) is 34.3 Å². The summed E-state index contributed by atoms with van der Waals surface area (Å²) in [4.78, 5) is 60.1. The van der Waals surface area contributed by atoms with Crippen molar-refractivity contribution in [2.75, 3.05) is 50.2 Å². The lowest BCUT2D eigenvalue weighted by atomic mass is 10.0. The van der Waals surface area contributed by atoms with Crippen LogP contribution in [-0.4, -0.2) is 96.1 Å². The van der Waals surface area contributed by atoms with E-state index < -0.39 is 17.7 Å². The Kier molecular flexibility index (Phi) is 13.0. The Bertz CT molecular complexity index is 2500. The molecule has 2 aromatic heterocycles. The van der Waals surface area contributed by atoms with Crippen molar-refractivity contribution in [3.05, 3.63) is 108 Å². The molecule has 0 spiro atoms. The number of hydrogen-bond donors (Lipinski definition) is 2. The second kappa shape index (κ2) is 18.7. The van der Waals surface area contributed by atoms with Crippen molar-refractivity contribution in [3.8, 4) is 22.5 Å². The van der Waals surface area contributed by atoms with Gasteiger partial charge in [0.1, 0.15) is 17.0 Å². The highest BCUT2D eigenvalue weighted by molar-refractivity contribution is 5.95. The van der Waals surface area contributed by atoms with Gasteiger partial charge in [0.15, 0.2) is 11.6 Å². The molecular weight excluding hydrogens is 773 g/mol. The van der Waals surface area contributed by atoms with Gasteiger partial charge < -0.3 is 35.1 Å². The molecule has 2 aliphatic heterocycles. The van der Waals surface area contributed by atoms with Crippen LogP contribution in [0.15, 0.2) is 97.1 Å². The second-order valence-corrected chi connectivity index (χ2v) is 16.1. The molecule has 0 saturated carbocycles. The van der Waals surface area contributed by atoms with E-state index in [-0.39, 0.29) is 18.1 Å². The zero-order valence-electron chi connectivity index (χ0n) is 35.3. The number of nitrogens with zero attached hydrogens (tertiary/aromatic N) is 6. The van der Waals surface area contributed by atoms with E-state index >= 15 is 0 Å². The van der Waals surface area contributed by atoms with E-state index in [1.165, 1.54) is 14.2 Å². The van der Waals surface area contributed by atoms with Crippen LogP contribution in [-0.2, 0) is 14.2 Å². The predicted octanol–water partition coefficient (Wildman–Crippen LogP) is 7.59. The quantitative estimate of drug-likeness (QED) is 0.119. The highest BCUT2D eigenvalue weighted by Crippen LogP contribution is 2.33. The number of carbonyl (C=O) groups is 3. The molecule has 0 bridgehead atoms. The number of nitrogens with two attached hydrogens (primary N) is 1. The number of ether oxygens (including phenoxy) is 3. The van der Waals surface area contributed by atoms with E-state index in [9.17, 15) is 14.4 Å². The molecule has 61 heavy (non-hydrogen) atoms. The Labute approximate surface area is 355 Å². The molecule has 0 aliphatic carbocycles. The summed E-state index contributed by atoms with van der Waals surface area (Å²) in [6, 6.07) is 30.7. The van der Waals surface area contributed by atoms with E-state index in [4.69, 9.17) is 39.9 Å². The third kappa shape index (κ3) is 10.4. The topological polar surface area (TPSA) is 175 Å². The Morgan fingerprint density at radius 2 is 1.03 bits per heavy atom. The molecule has 316 valence electrons. The number of piperidine rings is 2. The molecule has 4 heterocycles. The molecule has 2 saturated heterocycles. The van der Waals surface area contributed by atoms with Crippen molar-refractivity contribution in [3.63, 3.8) is 0 Å². The number of amides is 1. The normalized spacial score (nSPS) is 14.9. The van der Waals surface area contributed by atoms with Gasteiger partial charge in [0.05, 0.1) is 47.4 Å². The van der Waals surface area contributed by atoms with Crippen molar-refractivity contribution in [2.24, 2.45) is 5.73 Å². The number of aromatic nitrogens is 4. The molecule has 3 N–H and O–H groups in total. The van der Waals surface area contributed by atoms with Crippen molar-refractivity contribution in [1.29, 1.82) is 0 Å². The van der Waals surface area contributed by atoms with E-state index in [0.717, 1.165) is 78.4 Å². The summed E-state index contributed by atoms with van der Waals surface area (Å²) in [6.45, 7) is 8.66. The van der Waals surface area contributed by atoms with E-state index in [2.05, 4.69) is 15.1 Å². The van der Waals surface area contributed by atoms with Crippen LogP contribution in [0.4, 0.5) is 16.4 Å². The van der Waals surface area contributed by atoms with Gasteiger partial charge in [-0.3, -0.25) is 0 Å². The maximum absolute atomic E-state index is 12.2. The number of alkyl carbamates (subject to hydrolysis) is 1. The van der Waals surface area contributed by atoms with E-state index in [1.54, 1.807) is 30.3 Å². The molecule has 4 aromatic carbocycles. The smallest absolute Gasteiger partial charge is 0.407 e. The summed E-state index contributed by atoms with van der Waals surface area (Å²) >= 11 is 0. The number of benzene rings is 4. The number of fused-ring (bicyclic) bond motifs is 2. The zero-order valence-corrected chi connectivity index (χ0v) is 35.3. The lowest BCUT2D eigenvalue weighted by Gasteiger charge is -2.34. The van der Waals surface area contributed by atoms with Gasteiger partial charge in [-0.1, -0.05) is 60.7 Å². The second-order valence-electron chi connectivity index (χ2n) is 16.1. The summed E-state index contributed by atoms with van der Waals surface area (Å²) < 4.78 is 15.1. The minimum absolute atomic E-state index is 0.0330. The van der Waals surface area contributed by atoms with Crippen molar-refractivity contribution in [2.45, 2.75) is 64.1 Å². The van der Waals surface area contributed by atoms with Crippen LogP contribution in [0.5, 0.6) is 0 Å². The Morgan fingerprint density at radius 3 is 1.44 bits per heavy atom. The molecule has 14 heteroatoms. The van der Waals surface area contributed by atoms with Crippen molar-refractivity contribution < 1.29 is 28.6 Å². The van der Waals surface area contributed by atoms with Gasteiger partial charge in [-0.2, -0.15) is 0 Å². The number of methoxy groups -OCH3 is 2. The Balaban J connectivity index is 0.000000189. The number of esters is 2. The first kappa shape index (κ1) is 42.5. The maximum atomic E-state index is 12.2. The SMILES string of the molecule is COC(=O)c1ccc2nc(-c3ccccc3)c(N3CCC(N)CC3)nc2c1.COC(=O)c1ccc2nc(-c3ccccc3)c(N3CCC(NC(=O)OC(C)(C)C)CC3)nc2c1. The molecule has 2 aliphatic rings. The number of anilines is 2. The minimum Gasteiger partial charge on any atom is -0.465 e. The molecule has 1 amide bonds. The Morgan fingerprint density at radius 1 is 0.607 bits per heavy atom. The molecule has 0 radical (unpaired) electrons. The van der Waals surface area contributed by atoms with Gasteiger partial charge in [0.25, 0.3) is 0 Å².